The maximum Gasteiger partial charge on any atom is 0.0267 e. The zero-order valence-corrected chi connectivity index (χ0v) is 8.71. The molecule has 0 aliphatic rings. The van der Waals surface area contributed by atoms with Crippen LogP contribution < -0.4 is 0 Å². The molecule has 1 aromatic rings. The van der Waals surface area contributed by atoms with Gasteiger partial charge in [0.1, 0.15) is 0 Å². The van der Waals surface area contributed by atoms with E-state index in [9.17, 15) is 4.39 Å². The second kappa shape index (κ2) is 16.0. The van der Waals surface area contributed by atoms with Crippen molar-refractivity contribution in [2.75, 3.05) is 7.18 Å². The van der Waals surface area contributed by atoms with E-state index in [1.165, 1.54) is 27.9 Å². The molecule has 0 aromatic carbocycles. The first-order valence-corrected chi connectivity index (χ1v) is 5.23. The third-order valence-electron chi connectivity index (χ3n) is 0.566. The summed E-state index contributed by atoms with van der Waals surface area (Å²) >= 11 is 1.31. The van der Waals surface area contributed by atoms with Gasteiger partial charge in [0.2, 0.25) is 0 Å². The van der Waals surface area contributed by atoms with Gasteiger partial charge in [0, 0.05) is 12.4 Å². The van der Waals surface area contributed by atoms with Crippen molar-refractivity contribution in [2.45, 2.75) is 4.17 Å². The zero-order valence-electron chi connectivity index (χ0n) is 6.71. The molecule has 0 saturated heterocycles. The number of nitrogens with zero attached hydrogens (tertiary/aromatic N) is 1. The molecule has 0 unspecified atom stereocenters. The summed E-state index contributed by atoms with van der Waals surface area (Å²) in [6.45, 7) is 0. The molecule has 0 aliphatic carbocycles. The Hall–Kier alpha value is 0.0800. The van der Waals surface area contributed by atoms with Crippen molar-refractivity contribution in [1.82, 2.24) is 4.98 Å². The van der Waals surface area contributed by atoms with Crippen molar-refractivity contribution < 1.29 is 4.39 Å². The third kappa shape index (κ3) is 11.0. The minimum absolute atomic E-state index is 0.500. The van der Waals surface area contributed by atoms with Crippen LogP contribution in [0, 0.1) is 0 Å². The summed E-state index contributed by atoms with van der Waals surface area (Å²) in [5, 5.41) is 0. The monoisotopic (exact) mass is 151 g/mol. The van der Waals surface area contributed by atoms with Gasteiger partial charge in [-0.05, 0) is 12.1 Å². The Kier molecular flexibility index (Phi) is 20.4. The molecule has 0 aliphatic heterocycles. The quantitative estimate of drug-likeness (QED) is 0.516. The number of halogens is 1. The first kappa shape index (κ1) is 12.7. The molecule has 1 nitrogen and oxygen atoms in total. The van der Waals surface area contributed by atoms with E-state index in [-0.39, 0.29) is 0 Å². The van der Waals surface area contributed by atoms with Crippen LogP contribution in [0.3, 0.4) is 0 Å². The van der Waals surface area contributed by atoms with Crippen molar-refractivity contribution in [3.63, 3.8) is 0 Å². The van der Waals surface area contributed by atoms with Crippen molar-refractivity contribution in [3.8, 4) is 0 Å². The maximum atomic E-state index is 9.50. The SMILES string of the molecule is CF.[CH3][Na].c1ccncc1. The Balaban J connectivity index is 0. The largest absolute Gasteiger partial charge is 0.265 e. The molecule has 52 valence electrons. The first-order chi connectivity index (χ1) is 5.00. The molecule has 0 radical (unpaired) electrons. The Bertz CT molecular complexity index is 85.5. The van der Waals surface area contributed by atoms with Crippen LogP contribution in [-0.2, 0) is 0 Å². The minimum atomic E-state index is 0.500. The predicted molar refractivity (Wildman–Crippen MR) is 42.9 cm³/mol. The van der Waals surface area contributed by atoms with E-state index in [2.05, 4.69) is 9.16 Å². The second-order valence-electron chi connectivity index (χ2n) is 1.02. The fourth-order valence-electron chi connectivity index (χ4n) is 0.313. The molecule has 1 aromatic heterocycles. The molecular weight excluding hydrogens is 140 g/mol. The van der Waals surface area contributed by atoms with Gasteiger partial charge in [0.05, 0.1) is 7.18 Å². The van der Waals surface area contributed by atoms with Gasteiger partial charge in [-0.25, -0.2) is 0 Å². The average molecular weight is 151 g/mol. The van der Waals surface area contributed by atoms with Crippen molar-refractivity contribution in [1.29, 1.82) is 0 Å². The van der Waals surface area contributed by atoms with E-state index in [0.717, 1.165) is 0 Å². The van der Waals surface area contributed by atoms with Gasteiger partial charge in [-0.1, -0.05) is 6.07 Å². The fraction of sp³-hybridized carbons (Fsp3) is 0.286. The van der Waals surface area contributed by atoms with Gasteiger partial charge in [0.25, 0.3) is 0 Å². The number of hydrogen-bond donors (Lipinski definition) is 0. The smallest absolute Gasteiger partial charge is 0.0267 e. The van der Waals surface area contributed by atoms with E-state index in [1.54, 1.807) is 12.4 Å². The van der Waals surface area contributed by atoms with E-state index >= 15 is 0 Å². The Morgan fingerprint density at radius 3 is 1.50 bits per heavy atom. The number of rotatable bonds is 0. The van der Waals surface area contributed by atoms with E-state index in [0.29, 0.717) is 7.18 Å². The van der Waals surface area contributed by atoms with Crippen molar-refractivity contribution in [3.05, 3.63) is 30.6 Å². The Morgan fingerprint density at radius 2 is 1.40 bits per heavy atom. The number of aromatic nitrogens is 1. The number of alkyl halides is 1. The molecule has 1 rings (SSSR count). The minimum Gasteiger partial charge on any atom is -0.265 e. The molecule has 0 fully saturated rings. The standard InChI is InChI=1S/C5H5N.CH3F.CH3.Na/c1-2-4-6-5-3-1;1-2;;/h1-5H;1H3;1H3;. The van der Waals surface area contributed by atoms with Crippen LogP contribution >= 0.6 is 0 Å². The topological polar surface area (TPSA) is 12.9 Å². The van der Waals surface area contributed by atoms with Gasteiger partial charge in [-0.2, -0.15) is 0 Å². The van der Waals surface area contributed by atoms with Crippen LogP contribution in [0.25, 0.3) is 0 Å². The van der Waals surface area contributed by atoms with Crippen LogP contribution in [-0.4, -0.2) is 40.1 Å². The van der Waals surface area contributed by atoms with Gasteiger partial charge >= 0.3 is 32.1 Å². The van der Waals surface area contributed by atoms with Gasteiger partial charge in [-0.15, -0.1) is 0 Å². The van der Waals surface area contributed by atoms with Crippen LogP contribution in [0.5, 0.6) is 0 Å². The van der Waals surface area contributed by atoms with Crippen molar-refractivity contribution >= 4 is 27.9 Å². The molecule has 10 heavy (non-hydrogen) atoms. The molecule has 0 saturated carbocycles. The second-order valence-corrected chi connectivity index (χ2v) is 1.02. The molecule has 0 spiro atoms. The van der Waals surface area contributed by atoms with Gasteiger partial charge < -0.3 is 0 Å². The third-order valence-corrected chi connectivity index (χ3v) is 0.566. The summed E-state index contributed by atoms with van der Waals surface area (Å²) < 4.78 is 11.6. The molecule has 0 atom stereocenters. The molecule has 1 heterocycles. The van der Waals surface area contributed by atoms with Crippen LogP contribution in [0.1, 0.15) is 0 Å². The fourth-order valence-corrected chi connectivity index (χ4v) is 0.313. The normalized spacial score (nSPS) is 6.10. The summed E-state index contributed by atoms with van der Waals surface area (Å²) in [6.07, 6.45) is 3.50. The number of hydrogen-bond acceptors (Lipinski definition) is 1. The first-order valence-electron chi connectivity index (χ1n) is 3.23. The molecule has 0 N–H and O–H groups in total. The zero-order chi connectivity index (χ0) is 8.24. The predicted octanol–water partition coefficient (Wildman–Crippen LogP) is 1.87. The van der Waals surface area contributed by atoms with Gasteiger partial charge in [-0.3, -0.25) is 9.37 Å². The van der Waals surface area contributed by atoms with Crippen LogP contribution in [0.15, 0.2) is 30.6 Å². The van der Waals surface area contributed by atoms with Gasteiger partial charge in [0.15, 0.2) is 0 Å². The number of pyridine rings is 1. The molecule has 3 heteroatoms. The Morgan fingerprint density at radius 1 is 1.00 bits per heavy atom. The van der Waals surface area contributed by atoms with E-state index in [1.807, 2.05) is 18.2 Å². The van der Waals surface area contributed by atoms with E-state index in [4.69, 9.17) is 0 Å². The summed E-state index contributed by atoms with van der Waals surface area (Å²) in [7, 11) is 0.500. The van der Waals surface area contributed by atoms with Crippen LogP contribution in [0.4, 0.5) is 4.39 Å². The van der Waals surface area contributed by atoms with Crippen LogP contribution in [0.2, 0.25) is 4.17 Å². The molecule has 0 amide bonds. The summed E-state index contributed by atoms with van der Waals surface area (Å²) in [5.74, 6) is 0. The average Bonchev–Trinajstić information content (AvgIpc) is 2.14. The summed E-state index contributed by atoms with van der Waals surface area (Å²) in [6, 6.07) is 5.72. The molecule has 0 bridgehead atoms. The Labute approximate surface area is 79.1 Å². The van der Waals surface area contributed by atoms with Crippen molar-refractivity contribution in [2.24, 2.45) is 0 Å². The summed E-state index contributed by atoms with van der Waals surface area (Å²) in [4.78, 5) is 3.78. The summed E-state index contributed by atoms with van der Waals surface area (Å²) in [5.41, 5.74) is 0. The van der Waals surface area contributed by atoms with E-state index < -0.39 is 0 Å². The maximum absolute atomic E-state index is 9.50. The molecular formula is C7H11FNNa.